The van der Waals surface area contributed by atoms with Gasteiger partial charge >= 0.3 is 0 Å². The first-order valence-electron chi connectivity index (χ1n) is 18.8. The predicted octanol–water partition coefficient (Wildman–Crippen LogP) is 11.4. The average Bonchev–Trinajstić information content (AvgIpc) is 3.85. The van der Waals surface area contributed by atoms with Crippen LogP contribution < -0.4 is 10.7 Å². The molecule has 260 valence electrons. The van der Waals surface area contributed by atoms with Gasteiger partial charge in [-0.3, -0.25) is 0 Å². The lowest BCUT2D eigenvalue weighted by atomic mass is 9.83. The van der Waals surface area contributed by atoms with E-state index in [-0.39, 0.29) is 0 Å². The van der Waals surface area contributed by atoms with Gasteiger partial charge in [0, 0.05) is 38.3 Å². The van der Waals surface area contributed by atoms with Crippen LogP contribution >= 0.6 is 0 Å². The van der Waals surface area contributed by atoms with Crippen LogP contribution in [0, 0.1) is 10.4 Å². The summed E-state index contributed by atoms with van der Waals surface area (Å²) in [7, 11) is 0. The van der Waals surface area contributed by atoms with Crippen LogP contribution in [0.3, 0.4) is 0 Å². The summed E-state index contributed by atoms with van der Waals surface area (Å²) >= 11 is 0. The number of fused-ring (bicyclic) bond motifs is 6. The van der Waals surface area contributed by atoms with Crippen LogP contribution in [-0.4, -0.2) is 15.4 Å². The van der Waals surface area contributed by atoms with Gasteiger partial charge in [-0.1, -0.05) is 164 Å². The number of para-hydroxylation sites is 1. The first kappa shape index (κ1) is 31.9. The molecule has 2 aliphatic heterocycles. The average molecular weight is 714 g/mol. The fourth-order valence-corrected chi connectivity index (χ4v) is 8.42. The van der Waals surface area contributed by atoms with Gasteiger partial charge in [-0.05, 0) is 68.4 Å². The molecule has 2 aliphatic rings. The van der Waals surface area contributed by atoms with Crippen molar-refractivity contribution in [3.05, 3.63) is 209 Å². The predicted molar refractivity (Wildman–Crippen MR) is 224 cm³/mol. The van der Waals surface area contributed by atoms with Crippen LogP contribution in [-0.2, 0) is 0 Å². The summed E-state index contributed by atoms with van der Waals surface area (Å²) in [4.78, 5) is 10.5. The largest absolute Gasteiger partial charge is 0.248 e. The first-order valence-corrected chi connectivity index (χ1v) is 18.8. The van der Waals surface area contributed by atoms with Gasteiger partial charge in [0.15, 0.2) is 0 Å². The second-order valence-electron chi connectivity index (χ2n) is 14.0. The van der Waals surface area contributed by atoms with Crippen LogP contribution in [0.5, 0.6) is 0 Å². The maximum absolute atomic E-state index is 5.25. The lowest BCUT2D eigenvalue weighted by Crippen LogP contribution is -2.05. The molecule has 0 saturated heterocycles. The van der Waals surface area contributed by atoms with E-state index in [9.17, 15) is 0 Å². The summed E-state index contributed by atoms with van der Waals surface area (Å²) < 4.78 is 0. The molecule has 56 heavy (non-hydrogen) atoms. The van der Waals surface area contributed by atoms with Crippen LogP contribution in [0.15, 0.2) is 198 Å². The molecule has 5 heteroatoms. The maximum atomic E-state index is 5.25. The number of hydrogen-bond donors (Lipinski definition) is 0. The van der Waals surface area contributed by atoms with Crippen molar-refractivity contribution in [3.8, 4) is 78.1 Å². The summed E-state index contributed by atoms with van der Waals surface area (Å²) in [5, 5.41) is 18.6. The molecule has 0 N–H and O–H groups in total. The van der Waals surface area contributed by atoms with E-state index in [1.807, 2.05) is 24.3 Å². The van der Waals surface area contributed by atoms with Crippen molar-refractivity contribution < 1.29 is 0 Å². The molecule has 3 heterocycles. The molecular formula is C51H31N5. The summed E-state index contributed by atoms with van der Waals surface area (Å²) in [6.45, 7) is 0. The summed E-state index contributed by atoms with van der Waals surface area (Å²) in [5.41, 5.74) is 15.7. The fraction of sp³-hybridized carbons (Fsp3) is 0. The molecule has 0 saturated carbocycles. The topological polar surface area (TPSA) is 63.4 Å². The molecule has 0 unspecified atom stereocenters. The van der Waals surface area contributed by atoms with E-state index >= 15 is 0 Å². The van der Waals surface area contributed by atoms with Gasteiger partial charge in [-0.15, -0.1) is 10.2 Å². The van der Waals surface area contributed by atoms with E-state index in [2.05, 4.69) is 169 Å². The molecule has 0 bridgehead atoms. The maximum Gasteiger partial charge on any atom is 0.106 e. The van der Waals surface area contributed by atoms with Gasteiger partial charge in [-0.2, -0.15) is 0 Å². The lowest BCUT2D eigenvalue weighted by Gasteiger charge is -2.21. The molecule has 0 fully saturated rings. The van der Waals surface area contributed by atoms with Crippen LogP contribution in [0.4, 0.5) is 11.4 Å². The number of hydrogen-bond acceptors (Lipinski definition) is 5. The van der Waals surface area contributed by atoms with E-state index in [1.54, 1.807) is 0 Å². The molecule has 0 radical (unpaired) electrons. The molecule has 1 aromatic heterocycles. The molecule has 0 spiro atoms. The Labute approximate surface area is 323 Å². The zero-order chi connectivity index (χ0) is 37.0. The van der Waals surface area contributed by atoms with Crippen molar-refractivity contribution in [1.29, 1.82) is 0 Å². The highest BCUT2D eigenvalue weighted by Crippen LogP contribution is 2.52. The molecule has 0 atom stereocenters. The third-order valence-corrected chi connectivity index (χ3v) is 10.9. The van der Waals surface area contributed by atoms with Gasteiger partial charge in [0.2, 0.25) is 0 Å². The van der Waals surface area contributed by atoms with E-state index in [4.69, 9.17) is 20.2 Å². The molecular weight excluding hydrogens is 683 g/mol. The molecule has 0 amide bonds. The standard InChI is InChI=1S/C51H31N5/c1-4-16-32(17-5-1)35-22-10-11-23-37(35)38-24-12-13-26-40(38)46-49(34-20-8-3-9-21-34)54-56-55-51(46)45-36(33-18-6-2-7-19-33)28-30-43-47(45)48-44(52-43)31-29-41-39-25-14-15-27-42(39)53-50(41)48/h1-31H. The second kappa shape index (κ2) is 13.0. The van der Waals surface area contributed by atoms with Crippen molar-refractivity contribution >= 4 is 11.4 Å². The van der Waals surface area contributed by atoms with E-state index < -0.39 is 0 Å². The normalized spacial score (nSPS) is 11.9. The summed E-state index contributed by atoms with van der Waals surface area (Å²) in [6, 6.07) is 65.6. The quantitative estimate of drug-likeness (QED) is 0.172. The second-order valence-corrected chi connectivity index (χ2v) is 14.0. The first-order chi connectivity index (χ1) is 27.8. The Morgan fingerprint density at radius 3 is 1.59 bits per heavy atom. The fourth-order valence-electron chi connectivity index (χ4n) is 8.42. The third-order valence-electron chi connectivity index (χ3n) is 10.9. The van der Waals surface area contributed by atoms with Crippen molar-refractivity contribution in [2.24, 2.45) is 9.98 Å². The van der Waals surface area contributed by atoms with Gasteiger partial charge in [0.25, 0.3) is 0 Å². The Morgan fingerprint density at radius 1 is 0.286 bits per heavy atom. The Morgan fingerprint density at radius 2 is 0.857 bits per heavy atom. The lowest BCUT2D eigenvalue weighted by molar-refractivity contribution is 0.879. The minimum Gasteiger partial charge on any atom is -0.248 e. The molecule has 5 nitrogen and oxygen atoms in total. The Balaban J connectivity index is 1.27. The van der Waals surface area contributed by atoms with Crippen LogP contribution in [0.25, 0.3) is 78.1 Å². The Hall–Kier alpha value is -7.63. The summed E-state index contributed by atoms with van der Waals surface area (Å²) in [5.74, 6) is 0. The number of rotatable bonds is 6. The Bertz CT molecular complexity index is 3240. The number of nitrogens with zero attached hydrogens (tertiary/aromatic N) is 5. The van der Waals surface area contributed by atoms with E-state index in [1.165, 1.54) is 0 Å². The van der Waals surface area contributed by atoms with Crippen molar-refractivity contribution in [2.45, 2.75) is 0 Å². The Kier molecular flexibility index (Phi) is 7.42. The number of aromatic nitrogens is 3. The van der Waals surface area contributed by atoms with Crippen LogP contribution in [0.2, 0.25) is 0 Å². The highest BCUT2D eigenvalue weighted by molar-refractivity contribution is 6.08. The minimum absolute atomic E-state index is 0.732. The minimum atomic E-state index is 0.732. The van der Waals surface area contributed by atoms with E-state index in [0.717, 1.165) is 111 Å². The SMILES string of the molecule is c1ccc(-c2ccccc2-c2ccccc2-c2c(-c3ccccc3)nnnc2-c2c(-c3ccccc3)ccc3c2-c2c4c(ccc2=N3)=c2ccccc2=N4)cc1. The van der Waals surface area contributed by atoms with Crippen molar-refractivity contribution in [1.82, 2.24) is 15.4 Å². The van der Waals surface area contributed by atoms with Gasteiger partial charge in [0.05, 0.1) is 22.1 Å². The monoisotopic (exact) mass is 713 g/mol. The smallest absolute Gasteiger partial charge is 0.106 e. The molecule has 0 aliphatic carbocycles. The van der Waals surface area contributed by atoms with Crippen molar-refractivity contribution in [2.75, 3.05) is 0 Å². The van der Waals surface area contributed by atoms with Gasteiger partial charge < -0.3 is 0 Å². The highest BCUT2D eigenvalue weighted by atomic mass is 15.3. The highest BCUT2D eigenvalue weighted by Gasteiger charge is 2.31. The molecule has 8 aromatic carbocycles. The zero-order valence-electron chi connectivity index (χ0n) is 30.1. The summed E-state index contributed by atoms with van der Waals surface area (Å²) in [6.07, 6.45) is 0. The molecule has 9 aromatic rings. The third kappa shape index (κ3) is 5.06. The van der Waals surface area contributed by atoms with Gasteiger partial charge in [-0.25, -0.2) is 9.98 Å². The van der Waals surface area contributed by atoms with Crippen LogP contribution in [0.1, 0.15) is 0 Å². The van der Waals surface area contributed by atoms with E-state index in [0.29, 0.717) is 0 Å². The number of benzene rings is 8. The zero-order valence-corrected chi connectivity index (χ0v) is 30.1. The van der Waals surface area contributed by atoms with Crippen molar-refractivity contribution in [3.63, 3.8) is 0 Å². The molecule has 11 rings (SSSR count). The van der Waals surface area contributed by atoms with Gasteiger partial charge in [0.1, 0.15) is 11.4 Å².